The summed E-state index contributed by atoms with van der Waals surface area (Å²) in [5.74, 6) is 0.258. The largest absolute Gasteiger partial charge is 0.353 e. The van der Waals surface area contributed by atoms with Gasteiger partial charge in [0.15, 0.2) is 0 Å². The van der Waals surface area contributed by atoms with E-state index in [0.29, 0.717) is 6.04 Å². The van der Waals surface area contributed by atoms with Gasteiger partial charge < -0.3 is 5.32 Å². The van der Waals surface area contributed by atoms with Gasteiger partial charge in [0.25, 0.3) is 0 Å². The summed E-state index contributed by atoms with van der Waals surface area (Å²) in [5.41, 5.74) is 0. The van der Waals surface area contributed by atoms with E-state index in [2.05, 4.69) is 12.2 Å². The maximum absolute atomic E-state index is 11.1. The van der Waals surface area contributed by atoms with Crippen molar-refractivity contribution in [1.29, 1.82) is 0 Å². The molecule has 1 aliphatic rings. The third kappa shape index (κ3) is 3.24. The summed E-state index contributed by atoms with van der Waals surface area (Å²) < 4.78 is 0. The Hall–Kier alpha value is -0.530. The number of carbonyl (C=O) groups excluding carboxylic acids is 1. The molecule has 1 saturated heterocycles. The van der Waals surface area contributed by atoms with Gasteiger partial charge in [-0.3, -0.25) is 4.79 Å². The van der Waals surface area contributed by atoms with Gasteiger partial charge in [-0.25, -0.2) is 0 Å². The van der Waals surface area contributed by atoms with Crippen LogP contribution in [0.5, 0.6) is 0 Å². The molecule has 0 aromatic carbocycles. The van der Waals surface area contributed by atoms with Crippen molar-refractivity contribution in [3.63, 3.8) is 0 Å². The summed E-state index contributed by atoms with van der Waals surface area (Å²) in [5, 5.41) is 3.07. The molecule has 1 rings (SSSR count). The van der Waals surface area contributed by atoms with E-state index in [1.807, 2.05) is 0 Å². The van der Waals surface area contributed by atoms with Crippen molar-refractivity contribution in [3.05, 3.63) is 0 Å². The molecule has 1 amide bonds. The normalized spacial score (nSPS) is 24.8. The molecular formula is C10H19NO. The second-order valence-electron chi connectivity index (χ2n) is 3.65. The first-order valence-electron chi connectivity index (χ1n) is 5.12. The molecule has 1 atom stereocenters. The van der Waals surface area contributed by atoms with Crippen LogP contribution in [0.4, 0.5) is 0 Å². The van der Waals surface area contributed by atoms with Crippen molar-refractivity contribution in [2.45, 2.75) is 57.9 Å². The number of nitrogens with one attached hydrogen (secondary N) is 1. The number of amides is 1. The molecule has 1 aliphatic heterocycles. The third-order valence-corrected chi connectivity index (χ3v) is 2.48. The first-order valence-corrected chi connectivity index (χ1v) is 5.12. The average Bonchev–Trinajstić information content (AvgIpc) is 2.26. The van der Waals surface area contributed by atoms with Crippen molar-refractivity contribution < 1.29 is 4.79 Å². The number of hydrogen-bond acceptors (Lipinski definition) is 1. The Balaban J connectivity index is 2.26. The van der Waals surface area contributed by atoms with Crippen molar-refractivity contribution in [2.24, 2.45) is 0 Å². The van der Waals surface area contributed by atoms with Gasteiger partial charge in [0, 0.05) is 12.5 Å². The second kappa shape index (κ2) is 5.18. The Morgan fingerprint density at radius 2 is 2.33 bits per heavy atom. The van der Waals surface area contributed by atoms with Crippen molar-refractivity contribution >= 4 is 5.91 Å². The lowest BCUT2D eigenvalue weighted by Crippen LogP contribution is -2.32. The molecule has 1 fully saturated rings. The second-order valence-corrected chi connectivity index (χ2v) is 3.65. The molecule has 1 heterocycles. The minimum Gasteiger partial charge on any atom is -0.353 e. The number of rotatable bonds is 3. The zero-order valence-electron chi connectivity index (χ0n) is 7.94. The van der Waals surface area contributed by atoms with Crippen LogP contribution >= 0.6 is 0 Å². The molecule has 70 valence electrons. The Bertz CT molecular complexity index is 145. The predicted molar refractivity (Wildman–Crippen MR) is 49.9 cm³/mol. The summed E-state index contributed by atoms with van der Waals surface area (Å²) in [7, 11) is 0. The highest BCUT2D eigenvalue weighted by Gasteiger charge is 2.14. The molecule has 1 N–H and O–H groups in total. The van der Waals surface area contributed by atoms with E-state index in [1.165, 1.54) is 32.1 Å². The van der Waals surface area contributed by atoms with Gasteiger partial charge in [-0.1, -0.05) is 26.2 Å². The van der Waals surface area contributed by atoms with Crippen molar-refractivity contribution in [3.8, 4) is 0 Å². The monoisotopic (exact) mass is 169 g/mol. The van der Waals surface area contributed by atoms with Gasteiger partial charge in [0.2, 0.25) is 5.91 Å². The summed E-state index contributed by atoms with van der Waals surface area (Å²) >= 11 is 0. The van der Waals surface area contributed by atoms with Gasteiger partial charge in [-0.15, -0.1) is 0 Å². The summed E-state index contributed by atoms with van der Waals surface area (Å²) in [4.78, 5) is 11.1. The lowest BCUT2D eigenvalue weighted by atomic mass is 10.1. The number of unbranched alkanes of at least 4 members (excludes halogenated alkanes) is 1. The van der Waals surface area contributed by atoms with E-state index in [9.17, 15) is 4.79 Å². The van der Waals surface area contributed by atoms with Crippen molar-refractivity contribution in [2.75, 3.05) is 0 Å². The minimum absolute atomic E-state index is 0.258. The molecule has 0 saturated carbocycles. The van der Waals surface area contributed by atoms with E-state index in [0.717, 1.165) is 12.8 Å². The Morgan fingerprint density at radius 1 is 1.50 bits per heavy atom. The maximum Gasteiger partial charge on any atom is 0.220 e. The van der Waals surface area contributed by atoms with Crippen LogP contribution in [0.15, 0.2) is 0 Å². The first kappa shape index (κ1) is 9.56. The summed E-state index contributed by atoms with van der Waals surface area (Å²) in [6.45, 7) is 2.19. The van der Waals surface area contributed by atoms with Crippen LogP contribution in [-0.2, 0) is 4.79 Å². The highest BCUT2D eigenvalue weighted by molar-refractivity contribution is 5.76. The standard InChI is InChI=1S/C10H19NO/c1-2-3-6-9-7-4-5-8-10(12)11-9/h9H,2-8H2,1H3,(H,11,12). The van der Waals surface area contributed by atoms with Gasteiger partial charge in [-0.05, 0) is 19.3 Å². The van der Waals surface area contributed by atoms with Crippen LogP contribution in [0.2, 0.25) is 0 Å². The van der Waals surface area contributed by atoms with Crippen LogP contribution in [0, 0.1) is 0 Å². The highest BCUT2D eigenvalue weighted by Crippen LogP contribution is 2.13. The minimum atomic E-state index is 0.258. The zero-order valence-corrected chi connectivity index (χ0v) is 7.94. The molecule has 0 bridgehead atoms. The summed E-state index contributed by atoms with van der Waals surface area (Å²) in [6, 6.07) is 0.472. The van der Waals surface area contributed by atoms with E-state index in [4.69, 9.17) is 0 Å². The zero-order chi connectivity index (χ0) is 8.81. The topological polar surface area (TPSA) is 29.1 Å². The fourth-order valence-corrected chi connectivity index (χ4v) is 1.72. The van der Waals surface area contributed by atoms with Gasteiger partial charge >= 0.3 is 0 Å². The molecular weight excluding hydrogens is 150 g/mol. The van der Waals surface area contributed by atoms with Crippen LogP contribution in [0.1, 0.15) is 51.9 Å². The maximum atomic E-state index is 11.1. The highest BCUT2D eigenvalue weighted by atomic mass is 16.1. The van der Waals surface area contributed by atoms with Gasteiger partial charge in [0.05, 0.1) is 0 Å². The third-order valence-electron chi connectivity index (χ3n) is 2.48. The molecule has 1 unspecified atom stereocenters. The Morgan fingerprint density at radius 3 is 3.08 bits per heavy atom. The molecule has 2 nitrogen and oxygen atoms in total. The van der Waals surface area contributed by atoms with E-state index >= 15 is 0 Å². The number of hydrogen-bond donors (Lipinski definition) is 1. The van der Waals surface area contributed by atoms with Crippen LogP contribution in [-0.4, -0.2) is 11.9 Å². The molecule has 2 heteroatoms. The van der Waals surface area contributed by atoms with Crippen LogP contribution in [0.3, 0.4) is 0 Å². The summed E-state index contributed by atoms with van der Waals surface area (Å²) in [6.07, 6.45) is 7.86. The van der Waals surface area contributed by atoms with E-state index < -0.39 is 0 Å². The molecule has 0 aromatic rings. The van der Waals surface area contributed by atoms with Gasteiger partial charge in [-0.2, -0.15) is 0 Å². The predicted octanol–water partition coefficient (Wildman–Crippen LogP) is 2.24. The van der Waals surface area contributed by atoms with E-state index in [-0.39, 0.29) is 5.91 Å². The lowest BCUT2D eigenvalue weighted by molar-refractivity contribution is -0.121. The van der Waals surface area contributed by atoms with Crippen LogP contribution in [0.25, 0.3) is 0 Å². The van der Waals surface area contributed by atoms with Crippen LogP contribution < -0.4 is 5.32 Å². The molecule has 0 aliphatic carbocycles. The molecule has 0 aromatic heterocycles. The average molecular weight is 169 g/mol. The fraction of sp³-hybridized carbons (Fsp3) is 0.900. The Labute approximate surface area is 74.7 Å². The molecule has 12 heavy (non-hydrogen) atoms. The fourth-order valence-electron chi connectivity index (χ4n) is 1.72. The quantitative estimate of drug-likeness (QED) is 0.689. The van der Waals surface area contributed by atoms with E-state index in [1.54, 1.807) is 0 Å². The number of carbonyl (C=O) groups is 1. The smallest absolute Gasteiger partial charge is 0.220 e. The van der Waals surface area contributed by atoms with Crippen molar-refractivity contribution in [1.82, 2.24) is 5.32 Å². The SMILES string of the molecule is CCCCC1CCCCC(=O)N1. The molecule has 0 radical (unpaired) electrons. The first-order chi connectivity index (χ1) is 5.83. The molecule has 0 spiro atoms. The van der Waals surface area contributed by atoms with Gasteiger partial charge in [0.1, 0.15) is 0 Å². The lowest BCUT2D eigenvalue weighted by Gasteiger charge is -2.14. The Kier molecular flexibility index (Phi) is 4.12.